The van der Waals surface area contributed by atoms with Gasteiger partial charge in [0.1, 0.15) is 18.1 Å². The molecular weight excluding hydrogens is 312 g/mol. The van der Waals surface area contributed by atoms with Gasteiger partial charge in [0.15, 0.2) is 0 Å². The van der Waals surface area contributed by atoms with Crippen LogP contribution in [0, 0.1) is 27.7 Å². The fourth-order valence-electron chi connectivity index (χ4n) is 3.47. The minimum Gasteiger partial charge on any atom is -0.493 e. The molecule has 0 aliphatic rings. The van der Waals surface area contributed by atoms with Crippen molar-refractivity contribution >= 4 is 0 Å². The first-order valence-corrected chi connectivity index (χ1v) is 8.97. The van der Waals surface area contributed by atoms with E-state index in [1.807, 2.05) is 6.92 Å². The predicted molar refractivity (Wildman–Crippen MR) is 103 cm³/mol. The average Bonchev–Trinajstić information content (AvgIpc) is 2.55. The molecular formula is C22H30O3. The Morgan fingerprint density at radius 3 is 1.76 bits per heavy atom. The van der Waals surface area contributed by atoms with Crippen LogP contribution in [0.1, 0.15) is 53.1 Å². The topological polar surface area (TPSA) is 38.7 Å². The van der Waals surface area contributed by atoms with E-state index in [0.717, 1.165) is 28.2 Å². The number of ether oxygens (including phenoxy) is 2. The quantitative estimate of drug-likeness (QED) is 0.782. The molecule has 0 bridgehead atoms. The zero-order chi connectivity index (χ0) is 18.6. The second-order valence-corrected chi connectivity index (χ2v) is 6.73. The number of hydrogen-bond acceptors (Lipinski definition) is 3. The normalized spacial score (nSPS) is 12.1. The second-order valence-electron chi connectivity index (χ2n) is 6.73. The van der Waals surface area contributed by atoms with Gasteiger partial charge < -0.3 is 14.6 Å². The summed E-state index contributed by atoms with van der Waals surface area (Å²) in [6.45, 7) is 13.5. The van der Waals surface area contributed by atoms with Crippen LogP contribution in [0.3, 0.4) is 0 Å². The minimum atomic E-state index is 0.00882. The molecule has 2 rings (SSSR count). The predicted octanol–water partition coefficient (Wildman–Crippen LogP) is 4.84. The maximum absolute atomic E-state index is 9.16. The van der Waals surface area contributed by atoms with E-state index in [1.54, 1.807) is 0 Å². The first-order chi connectivity index (χ1) is 11.9. The van der Waals surface area contributed by atoms with E-state index in [9.17, 15) is 0 Å². The van der Waals surface area contributed by atoms with Crippen molar-refractivity contribution in [3.8, 4) is 11.5 Å². The largest absolute Gasteiger partial charge is 0.493 e. The van der Waals surface area contributed by atoms with E-state index in [0.29, 0.717) is 13.2 Å². The molecule has 0 saturated heterocycles. The summed E-state index contributed by atoms with van der Waals surface area (Å²) in [5.41, 5.74) is 7.00. The molecule has 2 aromatic rings. The highest BCUT2D eigenvalue weighted by atomic mass is 16.5. The summed E-state index contributed by atoms with van der Waals surface area (Å²) < 4.78 is 11.9. The highest BCUT2D eigenvalue weighted by Gasteiger charge is 2.21. The molecule has 2 aromatic carbocycles. The third-order valence-electron chi connectivity index (χ3n) is 4.45. The van der Waals surface area contributed by atoms with Crippen LogP contribution in [-0.2, 0) is 0 Å². The summed E-state index contributed by atoms with van der Waals surface area (Å²) >= 11 is 0. The monoisotopic (exact) mass is 342 g/mol. The van der Waals surface area contributed by atoms with Crippen molar-refractivity contribution in [2.24, 2.45) is 0 Å². The lowest BCUT2D eigenvalue weighted by atomic mass is 9.87. The number of rotatable bonds is 7. The molecule has 0 amide bonds. The van der Waals surface area contributed by atoms with Crippen LogP contribution < -0.4 is 9.47 Å². The van der Waals surface area contributed by atoms with E-state index >= 15 is 0 Å². The lowest BCUT2D eigenvalue weighted by Crippen LogP contribution is -2.09. The first kappa shape index (κ1) is 19.3. The van der Waals surface area contributed by atoms with Crippen molar-refractivity contribution in [1.82, 2.24) is 0 Å². The molecule has 1 N–H and O–H groups in total. The fourth-order valence-corrected chi connectivity index (χ4v) is 3.47. The number of aliphatic hydroxyl groups excluding tert-OH is 1. The summed E-state index contributed by atoms with van der Waals surface area (Å²) in [4.78, 5) is 0. The Balaban J connectivity index is 2.59. The van der Waals surface area contributed by atoms with Crippen LogP contribution in [0.15, 0.2) is 24.3 Å². The molecule has 0 radical (unpaired) electrons. The smallest absolute Gasteiger partial charge is 0.126 e. The van der Waals surface area contributed by atoms with Gasteiger partial charge in [0.25, 0.3) is 0 Å². The van der Waals surface area contributed by atoms with E-state index in [4.69, 9.17) is 14.6 Å². The Labute approximate surface area is 151 Å². The zero-order valence-electron chi connectivity index (χ0n) is 16.3. The van der Waals surface area contributed by atoms with Gasteiger partial charge in [-0.15, -0.1) is 0 Å². The third-order valence-corrected chi connectivity index (χ3v) is 4.45. The molecule has 3 nitrogen and oxygen atoms in total. The van der Waals surface area contributed by atoms with Crippen LogP contribution in [0.4, 0.5) is 0 Å². The first-order valence-electron chi connectivity index (χ1n) is 8.97. The van der Waals surface area contributed by atoms with Crippen molar-refractivity contribution < 1.29 is 14.6 Å². The molecule has 3 heteroatoms. The summed E-state index contributed by atoms with van der Waals surface area (Å²) in [6.07, 6.45) is 0. The highest BCUT2D eigenvalue weighted by Crippen LogP contribution is 2.40. The van der Waals surface area contributed by atoms with Gasteiger partial charge in [0.05, 0.1) is 13.2 Å². The SMILES string of the molecule is CCOc1c(C)cc(C)cc1C(C)c1cc(C)cc(C)c1OCCO. The Bertz CT molecular complexity index is 735. The molecule has 1 atom stereocenters. The van der Waals surface area contributed by atoms with Crippen molar-refractivity contribution in [3.63, 3.8) is 0 Å². The summed E-state index contributed by atoms with van der Waals surface area (Å²) in [5.74, 6) is 1.97. The van der Waals surface area contributed by atoms with Crippen molar-refractivity contribution in [2.75, 3.05) is 19.8 Å². The van der Waals surface area contributed by atoms with Crippen molar-refractivity contribution in [2.45, 2.75) is 47.5 Å². The molecule has 0 aromatic heterocycles. The van der Waals surface area contributed by atoms with Gasteiger partial charge in [-0.2, -0.15) is 0 Å². The Hall–Kier alpha value is -2.00. The molecule has 0 aliphatic heterocycles. The number of aryl methyl sites for hydroxylation is 4. The lowest BCUT2D eigenvalue weighted by molar-refractivity contribution is 0.199. The van der Waals surface area contributed by atoms with Crippen molar-refractivity contribution in [1.29, 1.82) is 0 Å². The Morgan fingerprint density at radius 2 is 1.32 bits per heavy atom. The average molecular weight is 342 g/mol. The number of benzene rings is 2. The maximum Gasteiger partial charge on any atom is 0.126 e. The fraction of sp³-hybridized carbons (Fsp3) is 0.455. The molecule has 0 heterocycles. The van der Waals surface area contributed by atoms with Gasteiger partial charge in [-0.05, 0) is 45.7 Å². The molecule has 136 valence electrons. The van der Waals surface area contributed by atoms with Gasteiger partial charge in [-0.3, -0.25) is 0 Å². The zero-order valence-corrected chi connectivity index (χ0v) is 16.3. The molecule has 1 unspecified atom stereocenters. The minimum absolute atomic E-state index is 0.00882. The van der Waals surface area contributed by atoms with Crippen LogP contribution in [-0.4, -0.2) is 24.9 Å². The summed E-state index contributed by atoms with van der Waals surface area (Å²) in [7, 11) is 0. The van der Waals surface area contributed by atoms with Crippen LogP contribution in [0.2, 0.25) is 0 Å². The highest BCUT2D eigenvalue weighted by molar-refractivity contribution is 5.54. The molecule has 0 fully saturated rings. The van der Waals surface area contributed by atoms with E-state index < -0.39 is 0 Å². The third kappa shape index (κ3) is 4.35. The number of aliphatic hydroxyl groups is 1. The van der Waals surface area contributed by atoms with E-state index in [1.165, 1.54) is 16.7 Å². The van der Waals surface area contributed by atoms with Crippen LogP contribution in [0.25, 0.3) is 0 Å². The standard InChI is InChI=1S/C22H30O3/c1-7-24-21-16(4)10-14(2)12-19(21)18(6)20-13-15(3)11-17(5)22(20)25-9-8-23/h10-13,18,23H,7-9H2,1-6H3. The van der Waals surface area contributed by atoms with E-state index in [2.05, 4.69) is 58.9 Å². The van der Waals surface area contributed by atoms with Crippen LogP contribution >= 0.6 is 0 Å². The molecule has 25 heavy (non-hydrogen) atoms. The second kappa shape index (κ2) is 8.39. The number of hydrogen-bond donors (Lipinski definition) is 1. The summed E-state index contributed by atoms with van der Waals surface area (Å²) in [6, 6.07) is 8.66. The molecule has 0 spiro atoms. The Morgan fingerprint density at radius 1 is 0.840 bits per heavy atom. The van der Waals surface area contributed by atoms with Gasteiger partial charge in [0.2, 0.25) is 0 Å². The molecule has 0 aliphatic carbocycles. The van der Waals surface area contributed by atoms with Gasteiger partial charge in [0, 0.05) is 17.0 Å². The van der Waals surface area contributed by atoms with Gasteiger partial charge in [-0.25, -0.2) is 0 Å². The van der Waals surface area contributed by atoms with Gasteiger partial charge >= 0.3 is 0 Å². The molecule has 0 saturated carbocycles. The van der Waals surface area contributed by atoms with Gasteiger partial charge in [-0.1, -0.05) is 42.3 Å². The van der Waals surface area contributed by atoms with Crippen LogP contribution in [0.5, 0.6) is 11.5 Å². The van der Waals surface area contributed by atoms with E-state index in [-0.39, 0.29) is 12.5 Å². The maximum atomic E-state index is 9.16. The summed E-state index contributed by atoms with van der Waals surface area (Å²) in [5, 5.41) is 9.16. The Kier molecular flexibility index (Phi) is 6.49. The van der Waals surface area contributed by atoms with Crippen molar-refractivity contribution in [3.05, 3.63) is 57.6 Å². The lowest BCUT2D eigenvalue weighted by Gasteiger charge is -2.23.